The molecule has 2 atom stereocenters. The van der Waals surface area contributed by atoms with Gasteiger partial charge in [-0.15, -0.1) is 12.4 Å². The zero-order valence-corrected chi connectivity index (χ0v) is 16.3. The second-order valence-electron chi connectivity index (χ2n) is 6.98. The zero-order chi connectivity index (χ0) is 17.8. The maximum atomic E-state index is 12.6. The van der Waals surface area contributed by atoms with E-state index in [1.807, 2.05) is 38.2 Å². The molecule has 26 heavy (non-hydrogen) atoms. The minimum atomic E-state index is -0.156. The Morgan fingerprint density at radius 1 is 1.19 bits per heavy atom. The first-order valence-corrected chi connectivity index (χ1v) is 9.21. The van der Waals surface area contributed by atoms with Crippen LogP contribution in [0, 0.1) is 0 Å². The number of anilines is 2. The lowest BCUT2D eigenvalue weighted by molar-refractivity contribution is -0.121. The van der Waals surface area contributed by atoms with Crippen molar-refractivity contribution in [2.24, 2.45) is 0 Å². The van der Waals surface area contributed by atoms with E-state index in [4.69, 9.17) is 0 Å². The number of carbonyl (C=O) groups is 2. The number of nitrogens with zero attached hydrogens (tertiary/aromatic N) is 2. The van der Waals surface area contributed by atoms with Crippen molar-refractivity contribution in [2.45, 2.75) is 44.7 Å². The van der Waals surface area contributed by atoms with Gasteiger partial charge in [0.2, 0.25) is 11.8 Å². The van der Waals surface area contributed by atoms with Crippen molar-refractivity contribution in [1.82, 2.24) is 10.2 Å². The summed E-state index contributed by atoms with van der Waals surface area (Å²) in [7, 11) is 1.98. The molecule has 2 saturated heterocycles. The number of benzene rings is 1. The Hall–Kier alpha value is -1.63. The molecule has 2 aliphatic heterocycles. The predicted molar refractivity (Wildman–Crippen MR) is 107 cm³/mol. The van der Waals surface area contributed by atoms with Crippen LogP contribution in [-0.4, -0.2) is 55.5 Å². The number of piperidine rings is 1. The van der Waals surface area contributed by atoms with Gasteiger partial charge in [-0.25, -0.2) is 0 Å². The highest BCUT2D eigenvalue weighted by Gasteiger charge is 2.27. The molecule has 0 aliphatic carbocycles. The van der Waals surface area contributed by atoms with Crippen LogP contribution in [0.5, 0.6) is 0 Å². The van der Waals surface area contributed by atoms with Gasteiger partial charge in [-0.3, -0.25) is 14.5 Å². The molecule has 0 radical (unpaired) electrons. The average molecular weight is 381 g/mol. The molecule has 0 aromatic heterocycles. The van der Waals surface area contributed by atoms with Crippen LogP contribution in [0.15, 0.2) is 24.3 Å². The maximum Gasteiger partial charge on any atom is 0.241 e. The van der Waals surface area contributed by atoms with Gasteiger partial charge in [0.1, 0.15) is 0 Å². The van der Waals surface area contributed by atoms with Crippen molar-refractivity contribution in [3.63, 3.8) is 0 Å². The van der Waals surface area contributed by atoms with Crippen LogP contribution < -0.4 is 15.5 Å². The number of hydrogen-bond acceptors (Lipinski definition) is 4. The summed E-state index contributed by atoms with van der Waals surface area (Å²) in [5.41, 5.74) is 1.68. The van der Waals surface area contributed by atoms with Gasteiger partial charge >= 0.3 is 0 Å². The van der Waals surface area contributed by atoms with E-state index in [1.165, 1.54) is 0 Å². The highest BCUT2D eigenvalue weighted by Crippen LogP contribution is 2.23. The number of rotatable bonds is 5. The Morgan fingerprint density at radius 2 is 1.92 bits per heavy atom. The Kier molecular flexibility index (Phi) is 7.43. The van der Waals surface area contributed by atoms with Gasteiger partial charge in [-0.2, -0.15) is 0 Å². The molecule has 2 heterocycles. The molecular formula is C19H29ClN4O2. The lowest BCUT2D eigenvalue weighted by Gasteiger charge is -2.35. The number of nitrogens with one attached hydrogen (secondary N) is 2. The van der Waals surface area contributed by atoms with E-state index in [-0.39, 0.29) is 30.3 Å². The Morgan fingerprint density at radius 3 is 2.54 bits per heavy atom. The van der Waals surface area contributed by atoms with E-state index in [9.17, 15) is 9.59 Å². The first kappa shape index (κ1) is 20.7. The fraction of sp³-hybridized carbons (Fsp3) is 0.579. The summed E-state index contributed by atoms with van der Waals surface area (Å²) in [6.07, 6.45) is 3.82. The van der Waals surface area contributed by atoms with Gasteiger partial charge < -0.3 is 15.5 Å². The molecular weight excluding hydrogens is 352 g/mol. The van der Waals surface area contributed by atoms with Gasteiger partial charge in [0.05, 0.1) is 6.04 Å². The lowest BCUT2D eigenvalue weighted by atomic mass is 10.0. The summed E-state index contributed by atoms with van der Waals surface area (Å²) < 4.78 is 0. The second kappa shape index (κ2) is 9.35. The number of likely N-dealkylation sites (tertiary alicyclic amines) is 1. The fourth-order valence-corrected chi connectivity index (χ4v) is 3.65. The molecule has 0 saturated carbocycles. The summed E-state index contributed by atoms with van der Waals surface area (Å²) in [5, 5.41) is 6.30. The summed E-state index contributed by atoms with van der Waals surface area (Å²) in [6, 6.07) is 7.86. The van der Waals surface area contributed by atoms with Crippen LogP contribution >= 0.6 is 12.4 Å². The number of halogens is 1. The van der Waals surface area contributed by atoms with E-state index in [0.29, 0.717) is 12.5 Å². The molecule has 2 aliphatic rings. The molecule has 2 amide bonds. The second-order valence-corrected chi connectivity index (χ2v) is 6.98. The Labute approximate surface area is 161 Å². The average Bonchev–Trinajstić information content (AvgIpc) is 3.07. The SMILES string of the molecule is CNC1CCCN(C(C)C(=O)Nc2ccc(N3CCCC3=O)cc2)C1.Cl. The molecule has 2 N–H and O–H groups in total. The minimum Gasteiger partial charge on any atom is -0.325 e. The Bertz CT molecular complexity index is 622. The standard InChI is InChI=1S/C19H28N4O2.ClH/c1-14(22-11-3-5-16(13-22)20-2)19(25)21-15-7-9-17(10-8-15)23-12-4-6-18(23)24;/h7-10,14,16,20H,3-6,11-13H2,1-2H3,(H,21,25);1H. The first-order valence-electron chi connectivity index (χ1n) is 9.21. The van der Waals surface area contributed by atoms with Crippen molar-refractivity contribution in [3.8, 4) is 0 Å². The molecule has 3 rings (SSSR count). The van der Waals surface area contributed by atoms with Crippen LogP contribution in [0.4, 0.5) is 11.4 Å². The molecule has 0 spiro atoms. The van der Waals surface area contributed by atoms with Crippen molar-refractivity contribution in [1.29, 1.82) is 0 Å². The number of carbonyl (C=O) groups excluding carboxylic acids is 2. The van der Waals surface area contributed by atoms with E-state index in [0.717, 1.165) is 50.3 Å². The smallest absolute Gasteiger partial charge is 0.241 e. The molecule has 1 aromatic rings. The molecule has 6 nitrogen and oxygen atoms in total. The highest BCUT2D eigenvalue weighted by molar-refractivity contribution is 5.97. The van der Waals surface area contributed by atoms with E-state index in [1.54, 1.807) is 4.90 Å². The van der Waals surface area contributed by atoms with Crippen LogP contribution in [0.1, 0.15) is 32.6 Å². The number of hydrogen-bond donors (Lipinski definition) is 2. The largest absolute Gasteiger partial charge is 0.325 e. The van der Waals surface area contributed by atoms with Gasteiger partial charge in [-0.05, 0) is 64.0 Å². The van der Waals surface area contributed by atoms with Gasteiger partial charge in [0, 0.05) is 36.9 Å². The van der Waals surface area contributed by atoms with E-state index in [2.05, 4.69) is 15.5 Å². The summed E-state index contributed by atoms with van der Waals surface area (Å²) >= 11 is 0. The van der Waals surface area contributed by atoms with Crippen LogP contribution in [0.3, 0.4) is 0 Å². The number of amides is 2. The van der Waals surface area contributed by atoms with Crippen molar-refractivity contribution in [2.75, 3.05) is 36.9 Å². The summed E-state index contributed by atoms with van der Waals surface area (Å²) in [5.74, 6) is 0.191. The lowest BCUT2D eigenvalue weighted by Crippen LogP contribution is -2.51. The van der Waals surface area contributed by atoms with Crippen molar-refractivity contribution < 1.29 is 9.59 Å². The fourth-order valence-electron chi connectivity index (χ4n) is 3.65. The van der Waals surface area contributed by atoms with Crippen LogP contribution in [0.2, 0.25) is 0 Å². The van der Waals surface area contributed by atoms with Gasteiger partial charge in [0.15, 0.2) is 0 Å². The molecule has 2 unspecified atom stereocenters. The minimum absolute atomic E-state index is 0. The first-order chi connectivity index (χ1) is 12.1. The topological polar surface area (TPSA) is 64.7 Å². The van der Waals surface area contributed by atoms with Crippen LogP contribution in [0.25, 0.3) is 0 Å². The molecule has 0 bridgehead atoms. The van der Waals surface area contributed by atoms with Crippen LogP contribution in [-0.2, 0) is 9.59 Å². The molecule has 2 fully saturated rings. The monoisotopic (exact) mass is 380 g/mol. The van der Waals surface area contributed by atoms with E-state index < -0.39 is 0 Å². The summed E-state index contributed by atoms with van der Waals surface area (Å²) in [6.45, 7) is 4.61. The predicted octanol–water partition coefficient (Wildman–Crippen LogP) is 2.25. The third kappa shape index (κ3) is 4.75. The van der Waals surface area contributed by atoms with E-state index >= 15 is 0 Å². The maximum absolute atomic E-state index is 12.6. The highest BCUT2D eigenvalue weighted by atomic mass is 35.5. The molecule has 1 aromatic carbocycles. The Balaban J connectivity index is 0.00000243. The normalized spacial score (nSPS) is 22.0. The third-order valence-electron chi connectivity index (χ3n) is 5.31. The zero-order valence-electron chi connectivity index (χ0n) is 15.5. The van der Waals surface area contributed by atoms with Crippen molar-refractivity contribution >= 4 is 35.6 Å². The van der Waals surface area contributed by atoms with Gasteiger partial charge in [0.25, 0.3) is 0 Å². The van der Waals surface area contributed by atoms with Gasteiger partial charge in [-0.1, -0.05) is 0 Å². The number of likely N-dealkylation sites (N-methyl/N-ethyl adjacent to an activating group) is 1. The summed E-state index contributed by atoms with van der Waals surface area (Å²) in [4.78, 5) is 28.4. The third-order valence-corrected chi connectivity index (χ3v) is 5.31. The molecule has 144 valence electrons. The quantitative estimate of drug-likeness (QED) is 0.822. The molecule has 7 heteroatoms. The van der Waals surface area contributed by atoms with Crippen molar-refractivity contribution in [3.05, 3.63) is 24.3 Å².